The maximum Gasteiger partial charge on any atom is 0.123 e. The fourth-order valence-electron chi connectivity index (χ4n) is 1.02. The second kappa shape index (κ2) is 5.21. The van der Waals surface area contributed by atoms with Crippen molar-refractivity contribution in [2.24, 2.45) is 0 Å². The van der Waals surface area contributed by atoms with E-state index in [9.17, 15) is 4.79 Å². The number of hydrogen-bond acceptors (Lipinski definition) is 2. The lowest BCUT2D eigenvalue weighted by molar-refractivity contribution is -0.107. The van der Waals surface area contributed by atoms with E-state index in [1.165, 1.54) is 0 Å². The second-order valence-electron chi connectivity index (χ2n) is 2.65. The molecule has 0 radical (unpaired) electrons. The summed E-state index contributed by atoms with van der Waals surface area (Å²) in [6.45, 7) is 0. The van der Waals surface area contributed by atoms with E-state index in [0.717, 1.165) is 11.8 Å². The van der Waals surface area contributed by atoms with Gasteiger partial charge in [-0.2, -0.15) is 5.26 Å². The Hall–Kier alpha value is -1.59. The van der Waals surface area contributed by atoms with Crippen molar-refractivity contribution in [3.05, 3.63) is 40.4 Å². The van der Waals surface area contributed by atoms with E-state index in [1.54, 1.807) is 30.4 Å². The quantitative estimate of drug-likeness (QED) is 0.712. The van der Waals surface area contributed by atoms with Gasteiger partial charge in [0.2, 0.25) is 0 Å². The van der Waals surface area contributed by atoms with Crippen LogP contribution in [0.3, 0.4) is 0 Å². The third kappa shape index (κ3) is 2.72. The first-order valence-corrected chi connectivity index (χ1v) is 4.45. The molecule has 0 amide bonds. The SMILES string of the molecule is N#Cc1cc(Cl)ccc1C=CCC=O. The second-order valence-corrected chi connectivity index (χ2v) is 3.08. The Kier molecular flexibility index (Phi) is 3.90. The topological polar surface area (TPSA) is 40.9 Å². The molecule has 0 heterocycles. The summed E-state index contributed by atoms with van der Waals surface area (Å²) < 4.78 is 0. The Morgan fingerprint density at radius 2 is 2.29 bits per heavy atom. The van der Waals surface area contributed by atoms with Crippen molar-refractivity contribution in [1.29, 1.82) is 5.26 Å². The number of carbonyl (C=O) groups is 1. The smallest absolute Gasteiger partial charge is 0.123 e. The third-order valence-electron chi connectivity index (χ3n) is 1.67. The molecule has 0 unspecified atom stereocenters. The number of carbonyl (C=O) groups excluding carboxylic acids is 1. The van der Waals surface area contributed by atoms with E-state index < -0.39 is 0 Å². The molecule has 0 aliphatic rings. The molecule has 70 valence electrons. The van der Waals surface area contributed by atoms with Gasteiger partial charge in [0.1, 0.15) is 6.29 Å². The maximum atomic E-state index is 10.1. The molecule has 0 aliphatic carbocycles. The van der Waals surface area contributed by atoms with Gasteiger partial charge in [-0.3, -0.25) is 0 Å². The van der Waals surface area contributed by atoms with Crippen LogP contribution in [0, 0.1) is 11.3 Å². The highest BCUT2D eigenvalue weighted by atomic mass is 35.5. The number of aldehydes is 1. The van der Waals surface area contributed by atoms with Crippen LogP contribution in [0.25, 0.3) is 6.08 Å². The monoisotopic (exact) mass is 205 g/mol. The van der Waals surface area contributed by atoms with Gasteiger partial charge in [0, 0.05) is 11.4 Å². The molecule has 0 spiro atoms. The summed E-state index contributed by atoms with van der Waals surface area (Å²) >= 11 is 5.73. The Labute approximate surface area is 87.4 Å². The van der Waals surface area contributed by atoms with Crippen LogP contribution in [0.15, 0.2) is 24.3 Å². The molecule has 0 bridgehead atoms. The van der Waals surface area contributed by atoms with Crippen molar-refractivity contribution in [2.75, 3.05) is 0 Å². The zero-order valence-corrected chi connectivity index (χ0v) is 8.16. The number of hydrogen-bond donors (Lipinski definition) is 0. The van der Waals surface area contributed by atoms with Crippen molar-refractivity contribution in [3.8, 4) is 6.07 Å². The fraction of sp³-hybridized carbons (Fsp3) is 0.0909. The highest BCUT2D eigenvalue weighted by Gasteiger charge is 1.98. The van der Waals surface area contributed by atoms with Gasteiger partial charge in [0.15, 0.2) is 0 Å². The minimum Gasteiger partial charge on any atom is -0.303 e. The highest BCUT2D eigenvalue weighted by molar-refractivity contribution is 6.30. The zero-order chi connectivity index (χ0) is 10.4. The first kappa shape index (κ1) is 10.5. The molecule has 0 atom stereocenters. The van der Waals surface area contributed by atoms with Crippen LogP contribution in [-0.4, -0.2) is 6.29 Å². The van der Waals surface area contributed by atoms with Crippen molar-refractivity contribution >= 4 is 24.0 Å². The number of allylic oxidation sites excluding steroid dienone is 1. The molecular formula is C11H8ClNO. The third-order valence-corrected chi connectivity index (χ3v) is 1.90. The summed E-state index contributed by atoms with van der Waals surface area (Å²) in [5.74, 6) is 0. The number of nitrogens with zero attached hydrogens (tertiary/aromatic N) is 1. The van der Waals surface area contributed by atoms with E-state index in [-0.39, 0.29) is 0 Å². The molecule has 0 aliphatic heterocycles. The number of nitriles is 1. The van der Waals surface area contributed by atoms with Gasteiger partial charge < -0.3 is 4.79 Å². The predicted molar refractivity (Wildman–Crippen MR) is 55.9 cm³/mol. The molecule has 1 aromatic carbocycles. The zero-order valence-electron chi connectivity index (χ0n) is 7.40. The largest absolute Gasteiger partial charge is 0.303 e. The molecule has 0 N–H and O–H groups in total. The average Bonchev–Trinajstić information content (AvgIpc) is 2.20. The summed E-state index contributed by atoms with van der Waals surface area (Å²) in [6, 6.07) is 7.10. The van der Waals surface area contributed by atoms with Gasteiger partial charge in [-0.15, -0.1) is 0 Å². The van der Waals surface area contributed by atoms with E-state index in [0.29, 0.717) is 17.0 Å². The minimum atomic E-state index is 0.355. The van der Waals surface area contributed by atoms with Crippen molar-refractivity contribution in [1.82, 2.24) is 0 Å². The summed E-state index contributed by atoms with van der Waals surface area (Å²) in [7, 11) is 0. The molecule has 0 aromatic heterocycles. The Morgan fingerprint density at radius 1 is 1.50 bits per heavy atom. The lowest BCUT2D eigenvalue weighted by atomic mass is 10.1. The van der Waals surface area contributed by atoms with Gasteiger partial charge in [0.25, 0.3) is 0 Å². The molecule has 3 heteroatoms. The summed E-state index contributed by atoms with van der Waals surface area (Å²) in [5, 5.41) is 9.32. The van der Waals surface area contributed by atoms with Crippen molar-refractivity contribution in [2.45, 2.75) is 6.42 Å². The van der Waals surface area contributed by atoms with Gasteiger partial charge in [0.05, 0.1) is 11.6 Å². The molecule has 0 saturated carbocycles. The van der Waals surface area contributed by atoms with E-state index in [2.05, 4.69) is 0 Å². The Morgan fingerprint density at radius 3 is 2.93 bits per heavy atom. The van der Waals surface area contributed by atoms with Crippen LogP contribution in [0.4, 0.5) is 0 Å². The highest BCUT2D eigenvalue weighted by Crippen LogP contribution is 2.16. The number of rotatable bonds is 3. The average molecular weight is 206 g/mol. The number of benzene rings is 1. The molecule has 1 rings (SSSR count). The fourth-order valence-corrected chi connectivity index (χ4v) is 1.19. The van der Waals surface area contributed by atoms with Crippen LogP contribution in [0.5, 0.6) is 0 Å². The first-order valence-electron chi connectivity index (χ1n) is 4.07. The molecule has 1 aromatic rings. The summed E-state index contributed by atoms with van der Waals surface area (Å²) in [6.07, 6.45) is 4.60. The lowest BCUT2D eigenvalue weighted by Gasteiger charge is -1.97. The van der Waals surface area contributed by atoms with Crippen LogP contribution in [0.1, 0.15) is 17.5 Å². The summed E-state index contributed by atoms with van der Waals surface area (Å²) in [4.78, 5) is 10.1. The predicted octanol–water partition coefficient (Wildman–Crippen LogP) is 2.81. The number of halogens is 1. The Bertz CT molecular complexity index is 404. The summed E-state index contributed by atoms with van der Waals surface area (Å²) in [5.41, 5.74) is 1.29. The molecule has 14 heavy (non-hydrogen) atoms. The molecule has 0 saturated heterocycles. The van der Waals surface area contributed by atoms with Crippen molar-refractivity contribution in [3.63, 3.8) is 0 Å². The maximum absolute atomic E-state index is 10.1. The van der Waals surface area contributed by atoms with E-state index in [4.69, 9.17) is 16.9 Å². The Balaban J connectivity index is 2.97. The van der Waals surface area contributed by atoms with E-state index >= 15 is 0 Å². The minimum absolute atomic E-state index is 0.355. The first-order chi connectivity index (χ1) is 6.77. The van der Waals surface area contributed by atoms with Crippen LogP contribution in [0.2, 0.25) is 5.02 Å². The van der Waals surface area contributed by atoms with Gasteiger partial charge >= 0.3 is 0 Å². The van der Waals surface area contributed by atoms with Gasteiger partial charge in [-0.1, -0.05) is 29.8 Å². The van der Waals surface area contributed by atoms with Crippen LogP contribution < -0.4 is 0 Å². The standard InChI is InChI=1S/C11H8ClNO/c12-11-5-4-9(3-1-2-6-14)10(7-11)8-13/h1,3-7H,2H2. The van der Waals surface area contributed by atoms with Crippen molar-refractivity contribution < 1.29 is 4.79 Å². The van der Waals surface area contributed by atoms with Crippen LogP contribution >= 0.6 is 11.6 Å². The van der Waals surface area contributed by atoms with E-state index in [1.807, 2.05) is 6.07 Å². The van der Waals surface area contributed by atoms with Crippen LogP contribution in [-0.2, 0) is 4.79 Å². The lowest BCUT2D eigenvalue weighted by Crippen LogP contribution is -1.81. The molecule has 0 fully saturated rings. The molecular weight excluding hydrogens is 198 g/mol. The van der Waals surface area contributed by atoms with Gasteiger partial charge in [-0.05, 0) is 17.7 Å². The normalized spacial score (nSPS) is 10.0. The van der Waals surface area contributed by atoms with Gasteiger partial charge in [-0.25, -0.2) is 0 Å². The molecule has 2 nitrogen and oxygen atoms in total.